The number of rotatable bonds is 10. The van der Waals surface area contributed by atoms with E-state index in [0.29, 0.717) is 17.3 Å². The van der Waals surface area contributed by atoms with E-state index in [9.17, 15) is 4.79 Å². The summed E-state index contributed by atoms with van der Waals surface area (Å²) in [6.07, 6.45) is 6.79. The molecule has 0 aromatic carbocycles. The molecule has 0 amide bonds. The Hall–Kier alpha value is -0.750. The molecule has 0 spiro atoms. The van der Waals surface area contributed by atoms with Crippen molar-refractivity contribution >= 4 is 11.8 Å². The van der Waals surface area contributed by atoms with Gasteiger partial charge in [-0.25, -0.2) is 9.89 Å². The van der Waals surface area contributed by atoms with Crippen molar-refractivity contribution in [2.24, 2.45) is 0 Å². The normalized spacial score (nSPS) is 17.9. The average Bonchev–Trinajstić information content (AvgIpc) is 3.25. The van der Waals surface area contributed by atoms with Crippen molar-refractivity contribution in [3.8, 4) is 0 Å². The number of H-pyrrole nitrogens is 1. The summed E-state index contributed by atoms with van der Waals surface area (Å²) < 4.78 is 1.86. The van der Waals surface area contributed by atoms with Gasteiger partial charge >= 0.3 is 5.69 Å². The van der Waals surface area contributed by atoms with Crippen molar-refractivity contribution in [1.82, 2.24) is 20.1 Å². The lowest BCUT2D eigenvalue weighted by atomic mass is 10.1. The average molecular weight is 312 g/mol. The molecule has 120 valence electrons. The van der Waals surface area contributed by atoms with Crippen molar-refractivity contribution in [2.75, 3.05) is 6.54 Å². The van der Waals surface area contributed by atoms with Gasteiger partial charge in [0.1, 0.15) is 0 Å². The number of aromatic amines is 1. The largest absolute Gasteiger partial charge is 0.344 e. The van der Waals surface area contributed by atoms with Crippen LogP contribution in [-0.4, -0.2) is 32.6 Å². The van der Waals surface area contributed by atoms with Crippen LogP contribution in [0.2, 0.25) is 0 Å². The van der Waals surface area contributed by atoms with E-state index in [2.05, 4.69) is 36.3 Å². The topological polar surface area (TPSA) is 62.7 Å². The van der Waals surface area contributed by atoms with Crippen LogP contribution in [0.1, 0.15) is 65.3 Å². The van der Waals surface area contributed by atoms with Crippen LogP contribution in [-0.2, 0) is 0 Å². The van der Waals surface area contributed by atoms with Gasteiger partial charge in [-0.05, 0) is 38.6 Å². The number of nitrogens with zero attached hydrogens (tertiary/aromatic N) is 2. The standard InChI is InChI=1S/C15H28N4OS/c1-4-7-12(16-10-5-2)13(6-3)21-15-18-17-14(20)19(15)11-8-9-11/h11-13,16H,4-10H2,1-3H3,(H,17,20). The van der Waals surface area contributed by atoms with Gasteiger partial charge in [0.2, 0.25) is 0 Å². The zero-order valence-corrected chi connectivity index (χ0v) is 14.2. The molecular weight excluding hydrogens is 284 g/mol. The summed E-state index contributed by atoms with van der Waals surface area (Å²) in [5, 5.41) is 11.9. The summed E-state index contributed by atoms with van der Waals surface area (Å²) in [5.74, 6) is 0. The lowest BCUT2D eigenvalue weighted by Gasteiger charge is -2.26. The van der Waals surface area contributed by atoms with Crippen molar-refractivity contribution in [1.29, 1.82) is 0 Å². The monoisotopic (exact) mass is 312 g/mol. The number of hydrogen-bond acceptors (Lipinski definition) is 4. The zero-order chi connectivity index (χ0) is 15.2. The van der Waals surface area contributed by atoms with E-state index in [1.807, 2.05) is 4.57 Å². The Labute approximate surface area is 131 Å². The van der Waals surface area contributed by atoms with Gasteiger partial charge in [0, 0.05) is 17.3 Å². The molecule has 5 nitrogen and oxygen atoms in total. The first kappa shape index (κ1) is 16.6. The van der Waals surface area contributed by atoms with E-state index >= 15 is 0 Å². The van der Waals surface area contributed by atoms with Crippen LogP contribution in [0.4, 0.5) is 0 Å². The summed E-state index contributed by atoms with van der Waals surface area (Å²) in [6, 6.07) is 0.869. The van der Waals surface area contributed by atoms with E-state index in [-0.39, 0.29) is 5.69 Å². The molecule has 2 rings (SSSR count). The van der Waals surface area contributed by atoms with Gasteiger partial charge in [-0.15, -0.1) is 5.10 Å². The maximum Gasteiger partial charge on any atom is 0.344 e. The minimum atomic E-state index is -0.0524. The molecule has 1 fully saturated rings. The maximum atomic E-state index is 11.9. The van der Waals surface area contributed by atoms with Crippen LogP contribution < -0.4 is 11.0 Å². The first-order valence-electron chi connectivity index (χ1n) is 8.28. The van der Waals surface area contributed by atoms with Gasteiger partial charge in [0.15, 0.2) is 5.16 Å². The Kier molecular flexibility index (Phi) is 6.36. The fourth-order valence-corrected chi connectivity index (χ4v) is 3.95. The molecule has 2 unspecified atom stereocenters. The second-order valence-corrected chi connectivity index (χ2v) is 7.03. The molecule has 1 saturated carbocycles. The Morgan fingerprint density at radius 2 is 2.14 bits per heavy atom. The van der Waals surface area contributed by atoms with E-state index in [1.54, 1.807) is 11.8 Å². The maximum absolute atomic E-state index is 11.9. The summed E-state index contributed by atoms with van der Waals surface area (Å²) in [7, 11) is 0. The van der Waals surface area contributed by atoms with Crippen LogP contribution in [0.5, 0.6) is 0 Å². The smallest absolute Gasteiger partial charge is 0.313 e. The summed E-state index contributed by atoms with van der Waals surface area (Å²) >= 11 is 1.76. The van der Waals surface area contributed by atoms with Crippen LogP contribution in [0, 0.1) is 0 Å². The molecule has 0 aliphatic heterocycles. The van der Waals surface area contributed by atoms with E-state index in [1.165, 1.54) is 12.8 Å². The molecule has 1 aromatic rings. The highest BCUT2D eigenvalue weighted by Gasteiger charge is 2.30. The molecular formula is C15H28N4OS. The third kappa shape index (κ3) is 4.36. The van der Waals surface area contributed by atoms with Gasteiger partial charge in [-0.1, -0.05) is 39.0 Å². The highest BCUT2D eigenvalue weighted by Crippen LogP contribution is 2.37. The third-order valence-electron chi connectivity index (χ3n) is 3.95. The Morgan fingerprint density at radius 3 is 2.71 bits per heavy atom. The van der Waals surface area contributed by atoms with Crippen molar-refractivity contribution in [2.45, 2.75) is 81.8 Å². The summed E-state index contributed by atoms with van der Waals surface area (Å²) in [6.45, 7) is 7.70. The number of hydrogen-bond donors (Lipinski definition) is 2. The van der Waals surface area contributed by atoms with Crippen molar-refractivity contribution in [3.05, 3.63) is 10.5 Å². The fourth-order valence-electron chi connectivity index (χ4n) is 2.67. The van der Waals surface area contributed by atoms with Crippen LogP contribution >= 0.6 is 11.8 Å². The number of nitrogens with one attached hydrogen (secondary N) is 2. The molecule has 1 aliphatic carbocycles. The third-order valence-corrected chi connectivity index (χ3v) is 5.41. The highest BCUT2D eigenvalue weighted by atomic mass is 32.2. The number of thioether (sulfide) groups is 1. The molecule has 0 saturated heterocycles. The SMILES string of the molecule is CCCNC(CCC)C(CC)Sc1n[nH]c(=O)n1C1CC1. The van der Waals surface area contributed by atoms with Crippen molar-refractivity contribution < 1.29 is 0 Å². The Morgan fingerprint density at radius 1 is 1.38 bits per heavy atom. The first-order valence-corrected chi connectivity index (χ1v) is 9.16. The summed E-state index contributed by atoms with van der Waals surface area (Å²) in [4.78, 5) is 11.9. The van der Waals surface area contributed by atoms with Crippen LogP contribution in [0.25, 0.3) is 0 Å². The lowest BCUT2D eigenvalue weighted by Crippen LogP contribution is -2.38. The van der Waals surface area contributed by atoms with E-state index < -0.39 is 0 Å². The number of aromatic nitrogens is 3. The molecule has 21 heavy (non-hydrogen) atoms. The molecule has 1 aromatic heterocycles. The van der Waals surface area contributed by atoms with Crippen LogP contribution in [0.15, 0.2) is 9.95 Å². The second kappa shape index (κ2) is 8.03. The fraction of sp³-hybridized carbons (Fsp3) is 0.867. The molecule has 6 heteroatoms. The van der Waals surface area contributed by atoms with Gasteiger partial charge in [-0.3, -0.25) is 4.57 Å². The predicted octanol–water partition coefficient (Wildman–Crippen LogP) is 2.95. The minimum absolute atomic E-state index is 0.0524. The highest BCUT2D eigenvalue weighted by molar-refractivity contribution is 7.99. The molecule has 1 heterocycles. The molecule has 0 radical (unpaired) electrons. The quantitative estimate of drug-likeness (QED) is 0.652. The van der Waals surface area contributed by atoms with Crippen LogP contribution in [0.3, 0.4) is 0 Å². The molecule has 1 aliphatic rings. The van der Waals surface area contributed by atoms with Gasteiger partial charge in [0.05, 0.1) is 0 Å². The molecule has 2 N–H and O–H groups in total. The molecule has 2 atom stereocenters. The predicted molar refractivity (Wildman–Crippen MR) is 88.0 cm³/mol. The van der Waals surface area contributed by atoms with Gasteiger partial charge in [0.25, 0.3) is 0 Å². The van der Waals surface area contributed by atoms with Crippen molar-refractivity contribution in [3.63, 3.8) is 0 Å². The first-order chi connectivity index (χ1) is 10.2. The van der Waals surface area contributed by atoms with E-state index in [4.69, 9.17) is 0 Å². The van der Waals surface area contributed by atoms with E-state index in [0.717, 1.165) is 37.4 Å². The zero-order valence-electron chi connectivity index (χ0n) is 13.4. The Bertz CT molecular complexity index is 480. The Balaban J connectivity index is 2.07. The lowest BCUT2D eigenvalue weighted by molar-refractivity contribution is 0.453. The summed E-state index contributed by atoms with van der Waals surface area (Å²) in [5.41, 5.74) is -0.0524. The minimum Gasteiger partial charge on any atom is -0.313 e. The molecule has 0 bridgehead atoms. The second-order valence-electron chi connectivity index (χ2n) is 5.83. The van der Waals surface area contributed by atoms with Gasteiger partial charge in [-0.2, -0.15) is 0 Å². The van der Waals surface area contributed by atoms with Gasteiger partial charge < -0.3 is 5.32 Å².